The number of pyridine rings is 1. The highest BCUT2D eigenvalue weighted by atomic mass is 19.1. The lowest BCUT2D eigenvalue weighted by Crippen LogP contribution is -2.55. The van der Waals surface area contributed by atoms with E-state index in [0.717, 1.165) is 29.9 Å². The van der Waals surface area contributed by atoms with Crippen molar-refractivity contribution in [3.05, 3.63) is 77.2 Å². The maximum Gasteiger partial charge on any atom is 0.270 e. The molecule has 48 heavy (non-hydrogen) atoms. The van der Waals surface area contributed by atoms with Crippen LogP contribution in [0.4, 0.5) is 14.5 Å². The fourth-order valence-corrected chi connectivity index (χ4v) is 6.71. The topological polar surface area (TPSA) is 97.9 Å². The van der Waals surface area contributed by atoms with Gasteiger partial charge in [-0.25, -0.2) is 13.8 Å². The van der Waals surface area contributed by atoms with E-state index in [0.29, 0.717) is 28.9 Å². The third-order valence-electron chi connectivity index (χ3n) is 9.95. The number of hydrogen-bond acceptors (Lipinski definition) is 6. The number of fused-ring (bicyclic) bond motifs is 1. The van der Waals surface area contributed by atoms with Gasteiger partial charge < -0.3 is 20.4 Å². The van der Waals surface area contributed by atoms with Crippen molar-refractivity contribution in [3.63, 3.8) is 0 Å². The number of nitrogens with zero attached hydrogens (tertiary/aromatic N) is 4. The van der Waals surface area contributed by atoms with Crippen molar-refractivity contribution in [2.45, 2.75) is 70.4 Å². The zero-order valence-electron chi connectivity index (χ0n) is 28.0. The average Bonchev–Trinajstić information content (AvgIpc) is 3.82. The van der Waals surface area contributed by atoms with Crippen LogP contribution in [0.5, 0.6) is 0 Å². The first-order valence-electron chi connectivity index (χ1n) is 16.8. The van der Waals surface area contributed by atoms with E-state index in [9.17, 15) is 23.2 Å². The number of likely N-dealkylation sites (tertiary alicyclic amines) is 1. The van der Waals surface area contributed by atoms with E-state index in [4.69, 9.17) is 0 Å². The van der Waals surface area contributed by atoms with Gasteiger partial charge in [-0.3, -0.25) is 19.3 Å². The SMILES string of the molecule is C[C@H](NC(=O)[C@@H]1C[C@@H](F)CN1C(=O)CNC(=O)c1ccc2cc(F)ccc2n1)c1ccc(N2C[C@H](C)N(C)[C@@H](C)C2)cc1/C=C/C1CC1. The second kappa shape index (κ2) is 14.0. The van der Waals surface area contributed by atoms with Crippen molar-refractivity contribution >= 4 is 40.4 Å². The van der Waals surface area contributed by atoms with Crippen LogP contribution in [0, 0.1) is 11.7 Å². The number of anilines is 1. The van der Waals surface area contributed by atoms with Crippen LogP contribution in [0.3, 0.4) is 0 Å². The molecule has 3 aromatic rings. The van der Waals surface area contributed by atoms with Gasteiger partial charge in [0.1, 0.15) is 23.7 Å². The van der Waals surface area contributed by atoms with E-state index >= 15 is 0 Å². The summed E-state index contributed by atoms with van der Waals surface area (Å²) in [6.07, 6.45) is 5.27. The van der Waals surface area contributed by atoms with Gasteiger partial charge in [0.2, 0.25) is 11.8 Å². The summed E-state index contributed by atoms with van der Waals surface area (Å²) < 4.78 is 28.2. The predicted molar refractivity (Wildman–Crippen MR) is 183 cm³/mol. The van der Waals surface area contributed by atoms with Gasteiger partial charge in [-0.2, -0.15) is 0 Å². The second-order valence-electron chi connectivity index (χ2n) is 13.6. The standard InChI is InChI=1S/C37H44F2N6O3/c1-22-19-44(20-23(2)43(22)4)30-11-12-31(26(16-30)8-7-25-5-6-25)24(3)41-37(48)34-17-29(39)21-45(34)35(46)18-40-36(47)33-13-9-27-15-28(38)10-14-32(27)42-33/h7-16,22-25,29,34H,5-6,17-21H2,1-4H3,(H,40,47)(H,41,48)/b8-7+/t22-,23-,24-,29+,34-/m0/s1. The Labute approximate surface area is 280 Å². The number of amides is 3. The van der Waals surface area contributed by atoms with Gasteiger partial charge in [0.15, 0.2) is 0 Å². The van der Waals surface area contributed by atoms with Crippen LogP contribution < -0.4 is 15.5 Å². The van der Waals surface area contributed by atoms with Gasteiger partial charge in [-0.1, -0.05) is 24.3 Å². The molecule has 2 aromatic carbocycles. The lowest BCUT2D eigenvalue weighted by atomic mass is 9.98. The molecule has 1 aliphatic carbocycles. The summed E-state index contributed by atoms with van der Waals surface area (Å²) >= 11 is 0. The Morgan fingerprint density at radius 2 is 1.77 bits per heavy atom. The molecular weight excluding hydrogens is 614 g/mol. The molecule has 254 valence electrons. The summed E-state index contributed by atoms with van der Waals surface area (Å²) in [5, 5.41) is 6.11. The van der Waals surface area contributed by atoms with E-state index in [1.807, 2.05) is 6.92 Å². The average molecular weight is 659 g/mol. The number of allylic oxidation sites excluding steroid dienone is 1. The zero-order chi connectivity index (χ0) is 34.1. The number of nitrogens with one attached hydrogen (secondary N) is 2. The van der Waals surface area contributed by atoms with Crippen LogP contribution in [-0.4, -0.2) is 90.0 Å². The van der Waals surface area contributed by atoms with Gasteiger partial charge in [-0.15, -0.1) is 0 Å². The van der Waals surface area contributed by atoms with E-state index < -0.39 is 48.3 Å². The minimum absolute atomic E-state index is 0.0593. The Bertz CT molecular complexity index is 1720. The van der Waals surface area contributed by atoms with Gasteiger partial charge in [-0.05, 0) is 94.1 Å². The van der Waals surface area contributed by atoms with Gasteiger partial charge in [0, 0.05) is 42.7 Å². The van der Waals surface area contributed by atoms with Crippen LogP contribution in [0.15, 0.2) is 54.6 Å². The molecule has 11 heteroatoms. The highest BCUT2D eigenvalue weighted by Gasteiger charge is 2.40. The number of rotatable bonds is 9. The third-order valence-corrected chi connectivity index (χ3v) is 9.95. The number of alkyl halides is 1. The summed E-state index contributed by atoms with van der Waals surface area (Å²) in [6.45, 7) is 7.58. The molecule has 0 bridgehead atoms. The molecule has 3 fully saturated rings. The molecular formula is C37H44F2N6O3. The molecule has 2 saturated heterocycles. The molecule has 0 spiro atoms. The quantitative estimate of drug-likeness (QED) is 0.341. The molecule has 3 aliphatic rings. The Hall–Kier alpha value is -4.38. The van der Waals surface area contributed by atoms with Gasteiger partial charge in [0.05, 0.1) is 24.6 Å². The first-order valence-corrected chi connectivity index (χ1v) is 16.8. The van der Waals surface area contributed by atoms with Crippen LogP contribution in [-0.2, 0) is 9.59 Å². The van der Waals surface area contributed by atoms with E-state index in [1.54, 1.807) is 6.07 Å². The van der Waals surface area contributed by atoms with E-state index in [2.05, 4.69) is 76.7 Å². The summed E-state index contributed by atoms with van der Waals surface area (Å²) in [4.78, 5) is 49.8. The highest BCUT2D eigenvalue weighted by Crippen LogP contribution is 2.33. The summed E-state index contributed by atoms with van der Waals surface area (Å²) in [6, 6.07) is 12.9. The third kappa shape index (κ3) is 7.51. The van der Waals surface area contributed by atoms with E-state index in [-0.39, 0.29) is 18.7 Å². The van der Waals surface area contributed by atoms with Gasteiger partial charge >= 0.3 is 0 Å². The molecule has 1 aromatic heterocycles. The lowest BCUT2D eigenvalue weighted by molar-refractivity contribution is -0.138. The smallest absolute Gasteiger partial charge is 0.270 e. The molecule has 0 unspecified atom stereocenters. The molecule has 5 atom stereocenters. The second-order valence-corrected chi connectivity index (χ2v) is 13.6. The number of hydrogen-bond donors (Lipinski definition) is 2. The summed E-state index contributed by atoms with van der Waals surface area (Å²) in [5.41, 5.74) is 3.62. The maximum atomic E-state index is 14.7. The Balaban J connectivity index is 1.11. The normalized spacial score (nSPS) is 23.9. The number of piperazine rings is 1. The predicted octanol–water partition coefficient (Wildman–Crippen LogP) is 4.87. The molecule has 3 heterocycles. The Morgan fingerprint density at radius 3 is 2.50 bits per heavy atom. The number of aromatic nitrogens is 1. The molecule has 6 rings (SSSR count). The number of likely N-dealkylation sites (N-methyl/N-ethyl adjacent to an activating group) is 1. The minimum atomic E-state index is -1.36. The summed E-state index contributed by atoms with van der Waals surface area (Å²) in [5.74, 6) is -1.43. The molecule has 1 saturated carbocycles. The Kier molecular flexibility index (Phi) is 9.78. The van der Waals surface area contributed by atoms with Crippen LogP contribution in [0.25, 0.3) is 17.0 Å². The van der Waals surface area contributed by atoms with Crippen molar-refractivity contribution < 1.29 is 23.2 Å². The lowest BCUT2D eigenvalue weighted by Gasteiger charge is -2.43. The summed E-state index contributed by atoms with van der Waals surface area (Å²) in [7, 11) is 2.17. The van der Waals surface area contributed by atoms with Crippen LogP contribution >= 0.6 is 0 Å². The molecule has 9 nitrogen and oxygen atoms in total. The fraction of sp³-hybridized carbons (Fsp3) is 0.459. The zero-order valence-corrected chi connectivity index (χ0v) is 28.0. The van der Waals surface area contributed by atoms with Crippen molar-refractivity contribution in [2.24, 2.45) is 5.92 Å². The van der Waals surface area contributed by atoms with Crippen LogP contribution in [0.1, 0.15) is 67.7 Å². The first-order chi connectivity index (χ1) is 23.0. The number of halogens is 2. The van der Waals surface area contributed by atoms with Crippen molar-refractivity contribution in [3.8, 4) is 0 Å². The fourth-order valence-electron chi connectivity index (χ4n) is 6.71. The number of carbonyl (C=O) groups excluding carboxylic acids is 3. The molecule has 3 amide bonds. The number of carbonyl (C=O) groups is 3. The molecule has 2 aliphatic heterocycles. The monoisotopic (exact) mass is 658 g/mol. The van der Waals surface area contributed by atoms with Crippen molar-refractivity contribution in [1.29, 1.82) is 0 Å². The number of benzene rings is 2. The highest BCUT2D eigenvalue weighted by molar-refractivity contribution is 5.97. The molecule has 2 N–H and O–H groups in total. The van der Waals surface area contributed by atoms with Gasteiger partial charge in [0.25, 0.3) is 5.91 Å². The largest absolute Gasteiger partial charge is 0.368 e. The Morgan fingerprint density at radius 1 is 1.02 bits per heavy atom. The van der Waals surface area contributed by atoms with E-state index in [1.165, 1.54) is 42.0 Å². The van der Waals surface area contributed by atoms with Crippen LogP contribution in [0.2, 0.25) is 0 Å². The maximum absolute atomic E-state index is 14.7. The van der Waals surface area contributed by atoms with Crippen molar-refractivity contribution in [1.82, 2.24) is 25.4 Å². The first kappa shape index (κ1) is 33.5. The van der Waals surface area contributed by atoms with Crippen molar-refractivity contribution in [2.75, 3.05) is 38.1 Å². The minimum Gasteiger partial charge on any atom is -0.368 e. The molecule has 0 radical (unpaired) electrons.